The number of nitrogens with zero attached hydrogens (tertiary/aromatic N) is 7. The van der Waals surface area contributed by atoms with E-state index in [2.05, 4.69) is 103 Å². The third-order valence-corrected chi connectivity index (χ3v) is 14.2. The summed E-state index contributed by atoms with van der Waals surface area (Å²) in [6.07, 6.45) is 8.78. The fourth-order valence-electron chi connectivity index (χ4n) is 9.97. The molecule has 0 spiro atoms. The largest absolute Gasteiger partial charge is 0.467 e. The van der Waals surface area contributed by atoms with Crippen LogP contribution in [0.3, 0.4) is 0 Å². The number of fused-ring (bicyclic) bond motifs is 1. The molecule has 0 aliphatic carbocycles. The van der Waals surface area contributed by atoms with Gasteiger partial charge in [0.2, 0.25) is 12.3 Å². The summed E-state index contributed by atoms with van der Waals surface area (Å²) in [5.74, 6) is 5.44. The Morgan fingerprint density at radius 3 is 2.29 bits per heavy atom. The predicted octanol–water partition coefficient (Wildman–Crippen LogP) is 6.22. The van der Waals surface area contributed by atoms with Crippen molar-refractivity contribution in [2.24, 2.45) is 11.3 Å². The van der Waals surface area contributed by atoms with Crippen molar-refractivity contribution >= 4 is 47.2 Å². The molecule has 2 N–H and O–H groups in total. The standard InChI is InChI=1S/C29H39N3O4.C14H26N4O3.C13H20N2O/c1-7-32-26-11-10-22(31-13-14-36-20(2)17-31)15-24(26)25(16-29(4,5)18-35-19-33)28(32)23-9-8-12-30-27(23)21(3)34-6;1-10(2)12(17(4)9-19)13(20)16-11(3)14(21)18-8-6-5-7-15-18;1-13(2,15-10-5-11-15)7-6-12(16)14-8-3-4-9-14/h8-12,15,19-21H,7,13-14,16-18H2,1-6H3;9-12,15H,5-8H2,1-4H3,(H,16,20);3-5,8-11H2,1-2H3. The van der Waals surface area contributed by atoms with Gasteiger partial charge in [0.1, 0.15) is 12.1 Å². The molecule has 17 heteroatoms. The average Bonchev–Trinajstić information content (AvgIpc) is 4.01. The topological polar surface area (TPSA) is 171 Å². The third-order valence-electron chi connectivity index (χ3n) is 14.2. The number of aryl methyl sites for hydroxylation is 1. The van der Waals surface area contributed by atoms with Gasteiger partial charge >= 0.3 is 0 Å². The van der Waals surface area contributed by atoms with Gasteiger partial charge in [-0.1, -0.05) is 33.6 Å². The molecule has 17 nitrogen and oxygen atoms in total. The number of anilines is 1. The van der Waals surface area contributed by atoms with Gasteiger partial charge in [-0.2, -0.15) is 0 Å². The number of hydrazine groups is 1. The number of aromatic nitrogens is 2. The van der Waals surface area contributed by atoms with Gasteiger partial charge in [0.05, 0.1) is 42.3 Å². The van der Waals surface area contributed by atoms with Gasteiger partial charge in [-0.05, 0) is 128 Å². The van der Waals surface area contributed by atoms with Gasteiger partial charge in [-0.3, -0.25) is 38.9 Å². The van der Waals surface area contributed by atoms with E-state index in [4.69, 9.17) is 19.2 Å². The second-order valence-corrected chi connectivity index (χ2v) is 21.4. The van der Waals surface area contributed by atoms with Crippen LogP contribution in [0.1, 0.15) is 119 Å². The zero-order valence-electron chi connectivity index (χ0n) is 45.9. The summed E-state index contributed by atoms with van der Waals surface area (Å²) in [6, 6.07) is 9.72. The molecule has 0 radical (unpaired) electrons. The maximum atomic E-state index is 12.3. The molecule has 1 aromatic carbocycles. The summed E-state index contributed by atoms with van der Waals surface area (Å²) < 4.78 is 19.1. The molecular weight excluding hydrogens is 927 g/mol. The molecule has 0 saturated carbocycles. The number of hydrogen-bond donors (Lipinski definition) is 2. The number of carbonyl (C=O) groups is 5. The van der Waals surface area contributed by atoms with Crippen LogP contribution in [0.2, 0.25) is 0 Å². The van der Waals surface area contributed by atoms with E-state index in [9.17, 15) is 24.0 Å². The Balaban J connectivity index is 0.000000225. The number of morpholine rings is 1. The van der Waals surface area contributed by atoms with Gasteiger partial charge < -0.3 is 38.8 Å². The van der Waals surface area contributed by atoms with Crippen molar-refractivity contribution in [2.75, 3.05) is 84.6 Å². The van der Waals surface area contributed by atoms with Crippen LogP contribution in [-0.4, -0.2) is 163 Å². The van der Waals surface area contributed by atoms with Gasteiger partial charge in [0.25, 0.3) is 18.3 Å². The zero-order chi connectivity index (χ0) is 53.5. The molecule has 4 aliphatic rings. The molecule has 6 heterocycles. The molecule has 3 aromatic rings. The van der Waals surface area contributed by atoms with Crippen molar-refractivity contribution < 1.29 is 38.2 Å². The number of pyridine rings is 1. The van der Waals surface area contributed by atoms with E-state index in [-0.39, 0.29) is 46.8 Å². The Hall–Kier alpha value is -5.54. The van der Waals surface area contributed by atoms with E-state index in [0.717, 1.165) is 108 Å². The number of benzene rings is 1. The molecule has 4 aliphatic heterocycles. The maximum Gasteiger partial charge on any atom is 0.298 e. The summed E-state index contributed by atoms with van der Waals surface area (Å²) in [5, 5.41) is 5.49. The van der Waals surface area contributed by atoms with E-state index < -0.39 is 12.1 Å². The number of carbonyl (C=O) groups excluding carboxylic acids is 5. The van der Waals surface area contributed by atoms with Crippen LogP contribution in [0.25, 0.3) is 22.2 Å². The first kappa shape index (κ1) is 58.4. The van der Waals surface area contributed by atoms with E-state index in [1.807, 2.05) is 37.9 Å². The lowest BCUT2D eigenvalue weighted by Gasteiger charge is -2.41. The van der Waals surface area contributed by atoms with E-state index >= 15 is 0 Å². The van der Waals surface area contributed by atoms with Crippen molar-refractivity contribution in [1.82, 2.24) is 40.0 Å². The molecule has 4 atom stereocenters. The van der Waals surface area contributed by atoms with Crippen LogP contribution >= 0.6 is 0 Å². The zero-order valence-corrected chi connectivity index (χ0v) is 45.9. The van der Waals surface area contributed by atoms with Crippen molar-refractivity contribution in [3.8, 4) is 23.1 Å². The first-order valence-corrected chi connectivity index (χ1v) is 26.4. The first-order chi connectivity index (χ1) is 34.8. The van der Waals surface area contributed by atoms with E-state index in [0.29, 0.717) is 26.0 Å². The fourth-order valence-corrected chi connectivity index (χ4v) is 9.97. The quantitative estimate of drug-likeness (QED) is 0.116. The lowest BCUT2D eigenvalue weighted by atomic mass is 9.84. The van der Waals surface area contributed by atoms with Crippen LogP contribution in [0.5, 0.6) is 0 Å². The maximum absolute atomic E-state index is 12.3. The average molecular weight is 1010 g/mol. The highest BCUT2D eigenvalue weighted by atomic mass is 16.5. The normalized spacial score (nSPS) is 18.4. The SMILES string of the molecule is CC(C)(C#CC(=O)N1CCCC1)N1CCC1.CC(NC(=O)C(C(C)C)N(C)C=O)C(=O)N1CCCCN1.CCn1c(-c2cccnc2C(C)OC)c(CC(C)(C)COC=O)c2cc(N3CCOC(C)C3)ccc21. The van der Waals surface area contributed by atoms with Gasteiger partial charge in [0.15, 0.2) is 0 Å². The van der Waals surface area contributed by atoms with Crippen LogP contribution in [0.4, 0.5) is 5.69 Å². The third kappa shape index (κ3) is 15.5. The lowest BCUT2D eigenvalue weighted by Crippen LogP contribution is -2.57. The summed E-state index contributed by atoms with van der Waals surface area (Å²) in [4.78, 5) is 70.8. The Kier molecular flexibility index (Phi) is 21.7. The molecule has 4 amide bonds. The highest BCUT2D eigenvalue weighted by Crippen LogP contribution is 2.41. The smallest absolute Gasteiger partial charge is 0.298 e. The Morgan fingerprint density at radius 2 is 1.70 bits per heavy atom. The van der Waals surface area contributed by atoms with Crippen LogP contribution in [0.15, 0.2) is 36.5 Å². The monoisotopic (exact) mass is 1010 g/mol. The van der Waals surface area contributed by atoms with Crippen LogP contribution in [0, 0.1) is 23.2 Å². The molecule has 0 bridgehead atoms. The number of ether oxygens (including phenoxy) is 3. The highest BCUT2D eigenvalue weighted by molar-refractivity contribution is 5.95. The lowest BCUT2D eigenvalue weighted by molar-refractivity contribution is -0.141. The van der Waals surface area contributed by atoms with Crippen molar-refractivity contribution in [1.29, 1.82) is 0 Å². The molecule has 7 rings (SSSR count). The van der Waals surface area contributed by atoms with E-state index in [1.165, 1.54) is 33.5 Å². The molecule has 2 aromatic heterocycles. The number of amides is 4. The molecular formula is C56H85N9O8. The summed E-state index contributed by atoms with van der Waals surface area (Å²) >= 11 is 0. The second-order valence-electron chi connectivity index (χ2n) is 21.4. The fraction of sp³-hybridized carbons (Fsp3) is 0.643. The van der Waals surface area contributed by atoms with Crippen LogP contribution < -0.4 is 15.6 Å². The molecule has 4 unspecified atom stereocenters. The number of likely N-dealkylation sites (tertiary alicyclic amines) is 2. The Bertz CT molecular complexity index is 2370. The number of nitrogens with one attached hydrogen (secondary N) is 2. The summed E-state index contributed by atoms with van der Waals surface area (Å²) in [6.45, 7) is 29.8. The van der Waals surface area contributed by atoms with E-state index in [1.54, 1.807) is 26.1 Å². The number of likely N-dealkylation sites (N-methyl/N-ethyl adjacent to an activating group) is 1. The minimum absolute atomic E-state index is 0.00565. The van der Waals surface area contributed by atoms with Crippen molar-refractivity contribution in [3.05, 3.63) is 47.8 Å². The molecule has 4 saturated heterocycles. The number of hydrogen-bond acceptors (Lipinski definition) is 12. The second kappa shape index (κ2) is 27.1. The minimum Gasteiger partial charge on any atom is -0.467 e. The van der Waals surface area contributed by atoms with Crippen molar-refractivity contribution in [3.63, 3.8) is 0 Å². The molecule has 73 heavy (non-hydrogen) atoms. The first-order valence-electron chi connectivity index (χ1n) is 26.4. The van der Waals surface area contributed by atoms with Gasteiger partial charge in [-0.15, -0.1) is 0 Å². The summed E-state index contributed by atoms with van der Waals surface area (Å²) in [7, 11) is 3.28. The van der Waals surface area contributed by atoms with Gasteiger partial charge in [-0.25, -0.2) is 5.43 Å². The van der Waals surface area contributed by atoms with Gasteiger partial charge in [0, 0.05) is 107 Å². The number of rotatable bonds is 17. The number of methoxy groups -OCH3 is 1. The molecule has 402 valence electrons. The highest BCUT2D eigenvalue weighted by Gasteiger charge is 2.33. The predicted molar refractivity (Wildman–Crippen MR) is 286 cm³/mol. The van der Waals surface area contributed by atoms with Crippen molar-refractivity contribution in [2.45, 2.75) is 144 Å². The Morgan fingerprint density at radius 1 is 0.986 bits per heavy atom. The Labute approximate surface area is 435 Å². The minimum atomic E-state index is -0.621. The molecule has 4 fully saturated rings. The van der Waals surface area contributed by atoms with Crippen LogP contribution in [-0.2, 0) is 51.1 Å². The summed E-state index contributed by atoms with van der Waals surface area (Å²) in [5.41, 5.74) is 9.43.